The Hall–Kier alpha value is -1.17. The Kier molecular flexibility index (Phi) is 3.07. The Morgan fingerprint density at radius 2 is 2.24 bits per heavy atom. The molecule has 1 aliphatic carbocycles. The Bertz CT molecular complexity index is 458. The molecular weight excluding hydrogens is 286 g/mol. The van der Waals surface area contributed by atoms with E-state index in [1.165, 1.54) is 0 Å². The average molecular weight is 300 g/mol. The van der Waals surface area contributed by atoms with Crippen molar-refractivity contribution in [1.82, 2.24) is 15.3 Å². The summed E-state index contributed by atoms with van der Waals surface area (Å²) < 4.78 is 0.759. The van der Waals surface area contributed by atoms with Gasteiger partial charge in [-0.25, -0.2) is 9.78 Å². The van der Waals surface area contributed by atoms with Gasteiger partial charge < -0.3 is 10.4 Å². The maximum Gasteiger partial charge on any atom is 0.405 e. The second kappa shape index (κ2) is 4.25. The van der Waals surface area contributed by atoms with E-state index in [1.807, 2.05) is 0 Å². The van der Waals surface area contributed by atoms with Crippen LogP contribution in [0.1, 0.15) is 44.0 Å². The highest BCUT2D eigenvalue weighted by Crippen LogP contribution is 2.42. The number of hydrogen-bond donors (Lipinski definition) is 2. The molecule has 17 heavy (non-hydrogen) atoms. The first-order chi connectivity index (χ1) is 7.90. The van der Waals surface area contributed by atoms with Crippen LogP contribution in [0.4, 0.5) is 4.79 Å². The quantitative estimate of drug-likeness (QED) is 0.899. The van der Waals surface area contributed by atoms with Crippen LogP contribution in [0.25, 0.3) is 0 Å². The highest BCUT2D eigenvalue weighted by atomic mass is 79.9. The molecule has 0 unspecified atom stereocenters. The third-order valence-electron chi connectivity index (χ3n) is 2.78. The minimum absolute atomic E-state index is 0.470. The topological polar surface area (TPSA) is 75.1 Å². The second-order valence-corrected chi connectivity index (χ2v) is 5.51. The summed E-state index contributed by atoms with van der Waals surface area (Å²) in [5.41, 5.74) is 0.844. The van der Waals surface area contributed by atoms with Crippen molar-refractivity contribution in [2.24, 2.45) is 0 Å². The summed E-state index contributed by atoms with van der Waals surface area (Å²) in [4.78, 5) is 19.5. The molecule has 2 N–H and O–H groups in total. The first kappa shape index (κ1) is 12.3. The van der Waals surface area contributed by atoms with Crippen molar-refractivity contribution in [2.45, 2.75) is 38.1 Å². The van der Waals surface area contributed by atoms with Gasteiger partial charge in [0.15, 0.2) is 0 Å². The maximum absolute atomic E-state index is 10.7. The van der Waals surface area contributed by atoms with Gasteiger partial charge in [0.2, 0.25) is 0 Å². The van der Waals surface area contributed by atoms with Gasteiger partial charge in [-0.3, -0.25) is 4.98 Å². The first-order valence-corrected chi connectivity index (χ1v) is 6.23. The van der Waals surface area contributed by atoms with Crippen molar-refractivity contribution in [1.29, 1.82) is 0 Å². The molecule has 92 valence electrons. The molecule has 2 rings (SSSR count). The van der Waals surface area contributed by atoms with Gasteiger partial charge in [0.1, 0.15) is 4.60 Å². The van der Waals surface area contributed by atoms with Gasteiger partial charge in [-0.2, -0.15) is 0 Å². The molecular formula is C11H14BrN3O2. The van der Waals surface area contributed by atoms with Crippen molar-refractivity contribution < 1.29 is 9.90 Å². The highest BCUT2D eigenvalue weighted by Gasteiger charge is 2.31. The molecule has 5 nitrogen and oxygen atoms in total. The standard InChI is InChI=1S/C11H14BrN3O2/c1-11(2,15-10(16)17)7-5-13-9(12)8(14-7)6-3-4-6/h5-6,15H,3-4H2,1-2H3,(H,16,17). The van der Waals surface area contributed by atoms with Crippen molar-refractivity contribution in [2.75, 3.05) is 0 Å². The molecule has 1 aromatic heterocycles. The van der Waals surface area contributed by atoms with E-state index in [2.05, 4.69) is 31.2 Å². The molecule has 1 heterocycles. The minimum Gasteiger partial charge on any atom is -0.465 e. The van der Waals surface area contributed by atoms with Gasteiger partial charge in [-0.15, -0.1) is 0 Å². The van der Waals surface area contributed by atoms with Crippen LogP contribution in [-0.2, 0) is 5.54 Å². The number of aromatic nitrogens is 2. The third-order valence-corrected chi connectivity index (χ3v) is 3.39. The summed E-state index contributed by atoms with van der Waals surface area (Å²) in [7, 11) is 0. The molecule has 1 aliphatic rings. The summed E-state index contributed by atoms with van der Waals surface area (Å²) in [5, 5.41) is 11.2. The van der Waals surface area contributed by atoms with Crippen LogP contribution in [0.15, 0.2) is 10.8 Å². The summed E-state index contributed by atoms with van der Waals surface area (Å²) in [5.74, 6) is 0.470. The minimum atomic E-state index is -1.06. The lowest BCUT2D eigenvalue weighted by atomic mass is 10.0. The van der Waals surface area contributed by atoms with E-state index in [9.17, 15) is 4.79 Å². The van der Waals surface area contributed by atoms with Gasteiger partial charge in [0, 0.05) is 5.92 Å². The lowest BCUT2D eigenvalue weighted by Gasteiger charge is -2.24. The maximum atomic E-state index is 10.7. The van der Waals surface area contributed by atoms with E-state index >= 15 is 0 Å². The van der Waals surface area contributed by atoms with Crippen molar-refractivity contribution in [3.63, 3.8) is 0 Å². The van der Waals surface area contributed by atoms with Gasteiger partial charge in [-0.1, -0.05) is 0 Å². The Balaban J connectivity index is 2.32. The predicted molar refractivity (Wildman–Crippen MR) is 65.9 cm³/mol. The average Bonchev–Trinajstić information content (AvgIpc) is 2.99. The number of carboxylic acid groups (broad SMARTS) is 1. The number of rotatable bonds is 3. The smallest absolute Gasteiger partial charge is 0.405 e. The molecule has 6 heteroatoms. The second-order valence-electron chi connectivity index (χ2n) is 4.76. The Morgan fingerprint density at radius 1 is 1.59 bits per heavy atom. The van der Waals surface area contributed by atoms with Gasteiger partial charge >= 0.3 is 6.09 Å². The van der Waals surface area contributed by atoms with Crippen LogP contribution >= 0.6 is 15.9 Å². The number of amides is 1. The molecule has 0 aliphatic heterocycles. The number of halogens is 1. The van der Waals surface area contributed by atoms with E-state index in [1.54, 1.807) is 20.0 Å². The number of nitrogens with zero attached hydrogens (tertiary/aromatic N) is 2. The van der Waals surface area contributed by atoms with Crippen LogP contribution < -0.4 is 5.32 Å². The molecule has 0 radical (unpaired) electrons. The monoisotopic (exact) mass is 299 g/mol. The van der Waals surface area contributed by atoms with Crippen LogP contribution in [0.2, 0.25) is 0 Å². The summed E-state index contributed by atoms with van der Waals surface area (Å²) in [6, 6.07) is 0. The largest absolute Gasteiger partial charge is 0.465 e. The summed E-state index contributed by atoms with van der Waals surface area (Å²) in [6.07, 6.45) is 2.80. The van der Waals surface area contributed by atoms with E-state index in [4.69, 9.17) is 5.11 Å². The van der Waals surface area contributed by atoms with E-state index < -0.39 is 11.6 Å². The summed E-state index contributed by atoms with van der Waals surface area (Å²) >= 11 is 3.38. The molecule has 1 aromatic rings. The molecule has 0 bridgehead atoms. The first-order valence-electron chi connectivity index (χ1n) is 5.44. The predicted octanol–water partition coefficient (Wildman–Crippen LogP) is 2.62. The van der Waals surface area contributed by atoms with Gasteiger partial charge in [0.05, 0.1) is 23.1 Å². The normalized spacial score (nSPS) is 15.7. The van der Waals surface area contributed by atoms with Crippen molar-refractivity contribution >= 4 is 22.0 Å². The van der Waals surface area contributed by atoms with Crippen molar-refractivity contribution in [3.05, 3.63) is 22.2 Å². The fourth-order valence-electron chi connectivity index (χ4n) is 1.64. The lowest BCUT2D eigenvalue weighted by molar-refractivity contribution is 0.181. The number of carbonyl (C=O) groups is 1. The molecule has 0 aromatic carbocycles. The number of hydrogen-bond acceptors (Lipinski definition) is 3. The third kappa shape index (κ3) is 2.74. The van der Waals surface area contributed by atoms with Crippen LogP contribution in [0.3, 0.4) is 0 Å². The van der Waals surface area contributed by atoms with Gasteiger partial charge in [-0.05, 0) is 42.6 Å². The highest BCUT2D eigenvalue weighted by molar-refractivity contribution is 9.10. The fraction of sp³-hybridized carbons (Fsp3) is 0.545. The zero-order valence-corrected chi connectivity index (χ0v) is 11.3. The zero-order valence-electron chi connectivity index (χ0n) is 9.70. The molecule has 1 saturated carbocycles. The molecule has 0 atom stereocenters. The Morgan fingerprint density at radius 3 is 2.76 bits per heavy atom. The zero-order chi connectivity index (χ0) is 12.6. The summed E-state index contributed by atoms with van der Waals surface area (Å²) in [6.45, 7) is 3.55. The molecule has 0 saturated heterocycles. The van der Waals surface area contributed by atoms with Crippen molar-refractivity contribution in [3.8, 4) is 0 Å². The van der Waals surface area contributed by atoms with Crippen LogP contribution in [0.5, 0.6) is 0 Å². The molecule has 1 fully saturated rings. The van der Waals surface area contributed by atoms with E-state index in [0.717, 1.165) is 23.1 Å². The Labute approximate surface area is 108 Å². The molecule has 1 amide bonds. The van der Waals surface area contributed by atoms with E-state index in [-0.39, 0.29) is 0 Å². The molecule has 0 spiro atoms. The number of nitrogens with one attached hydrogen (secondary N) is 1. The lowest BCUT2D eigenvalue weighted by Crippen LogP contribution is -2.41. The van der Waals surface area contributed by atoms with Crippen LogP contribution in [-0.4, -0.2) is 21.2 Å². The SMILES string of the molecule is CC(C)(NC(=O)O)c1cnc(Br)c(C2CC2)n1. The fourth-order valence-corrected chi connectivity index (χ4v) is 2.15. The van der Waals surface area contributed by atoms with Gasteiger partial charge in [0.25, 0.3) is 0 Å². The van der Waals surface area contributed by atoms with E-state index in [0.29, 0.717) is 11.6 Å². The van der Waals surface area contributed by atoms with Crippen LogP contribution in [0, 0.1) is 0 Å².